The zero-order valence-corrected chi connectivity index (χ0v) is 9.66. The van der Waals surface area contributed by atoms with Gasteiger partial charge in [-0.2, -0.15) is 0 Å². The van der Waals surface area contributed by atoms with Crippen LogP contribution >= 0.6 is 0 Å². The van der Waals surface area contributed by atoms with Crippen molar-refractivity contribution in [2.24, 2.45) is 29.6 Å². The molecule has 7 atom stereocenters. The number of nitrogens with zero attached hydrogens (tertiary/aromatic N) is 1. The minimum absolute atomic E-state index is 0.0972. The summed E-state index contributed by atoms with van der Waals surface area (Å²) in [4.78, 5) is 2.29. The van der Waals surface area contributed by atoms with Gasteiger partial charge in [-0.05, 0) is 43.1 Å². The molecule has 4 heteroatoms. The van der Waals surface area contributed by atoms with Crippen LogP contribution in [0.25, 0.3) is 0 Å². The van der Waals surface area contributed by atoms with Gasteiger partial charge in [0.1, 0.15) is 0 Å². The van der Waals surface area contributed by atoms with E-state index in [1.54, 1.807) is 0 Å². The third-order valence-corrected chi connectivity index (χ3v) is 5.18. The summed E-state index contributed by atoms with van der Waals surface area (Å²) in [6.07, 6.45) is -0.307. The van der Waals surface area contributed by atoms with Gasteiger partial charge >= 0.3 is 0 Å². The zero-order valence-electron chi connectivity index (χ0n) is 9.66. The molecule has 1 saturated heterocycles. The molecular formula is C12H21NO3. The molecule has 0 unspecified atom stereocenters. The van der Waals surface area contributed by atoms with Gasteiger partial charge in [0.25, 0.3) is 0 Å². The Morgan fingerprint density at radius 2 is 1.75 bits per heavy atom. The number of fused-ring (bicyclic) bond motifs is 2. The molecule has 4 nitrogen and oxygen atoms in total. The topological polar surface area (TPSA) is 63.9 Å². The van der Waals surface area contributed by atoms with E-state index in [2.05, 4.69) is 11.9 Å². The van der Waals surface area contributed by atoms with Crippen LogP contribution in [0.2, 0.25) is 0 Å². The second-order valence-corrected chi connectivity index (χ2v) is 5.95. The molecule has 4 rings (SSSR count). The Morgan fingerprint density at radius 3 is 2.44 bits per heavy atom. The van der Waals surface area contributed by atoms with Crippen molar-refractivity contribution in [3.05, 3.63) is 0 Å². The van der Waals surface area contributed by atoms with Gasteiger partial charge < -0.3 is 20.2 Å². The SMILES string of the molecule is CN1C[C@@H]2[C@H]3C[C@H](CO)[C@@H]([C@H](O)[C@H]3O)[C@H]2C1. The summed E-state index contributed by atoms with van der Waals surface area (Å²) >= 11 is 0. The predicted molar refractivity (Wildman–Crippen MR) is 58.7 cm³/mol. The van der Waals surface area contributed by atoms with E-state index >= 15 is 0 Å². The molecule has 0 aromatic rings. The first kappa shape index (κ1) is 11.0. The van der Waals surface area contributed by atoms with E-state index in [1.807, 2.05) is 0 Å². The predicted octanol–water partition coefficient (Wildman–Crippen LogP) is -0.856. The van der Waals surface area contributed by atoms with Crippen molar-refractivity contribution >= 4 is 0 Å². The maximum atomic E-state index is 10.1. The van der Waals surface area contributed by atoms with Crippen molar-refractivity contribution in [1.29, 1.82) is 0 Å². The quantitative estimate of drug-likeness (QED) is 0.546. The number of aliphatic hydroxyl groups is 3. The van der Waals surface area contributed by atoms with Crippen molar-refractivity contribution in [3.63, 3.8) is 0 Å². The first-order chi connectivity index (χ1) is 7.63. The standard InChI is InChI=1S/C12H21NO3/c1-13-3-8-7-2-6(5-14)10(9(8)4-13)12(16)11(7)15/h6-12,14-16H,2-5H2,1H3/t6-,7-,8-,9+,10-,11+,12+/m1/s1. The summed E-state index contributed by atoms with van der Waals surface area (Å²) < 4.78 is 0. The minimum Gasteiger partial charge on any atom is -0.396 e. The van der Waals surface area contributed by atoms with E-state index in [4.69, 9.17) is 0 Å². The average molecular weight is 227 g/mol. The van der Waals surface area contributed by atoms with E-state index in [0.717, 1.165) is 19.5 Å². The van der Waals surface area contributed by atoms with Crippen molar-refractivity contribution < 1.29 is 15.3 Å². The largest absolute Gasteiger partial charge is 0.396 e. The second-order valence-electron chi connectivity index (χ2n) is 5.95. The van der Waals surface area contributed by atoms with Crippen molar-refractivity contribution in [2.75, 3.05) is 26.7 Å². The fourth-order valence-corrected chi connectivity index (χ4v) is 4.56. The molecule has 16 heavy (non-hydrogen) atoms. The monoisotopic (exact) mass is 227 g/mol. The first-order valence-corrected chi connectivity index (χ1v) is 6.29. The van der Waals surface area contributed by atoms with Crippen LogP contribution < -0.4 is 0 Å². The number of rotatable bonds is 1. The number of likely N-dealkylation sites (tertiary alicyclic amines) is 1. The highest BCUT2D eigenvalue weighted by molar-refractivity contribution is 5.08. The molecule has 1 aliphatic heterocycles. The van der Waals surface area contributed by atoms with Gasteiger partial charge in [-0.3, -0.25) is 0 Å². The summed E-state index contributed by atoms with van der Waals surface area (Å²) in [6, 6.07) is 0. The molecule has 4 fully saturated rings. The Balaban J connectivity index is 1.92. The van der Waals surface area contributed by atoms with Crippen LogP contribution in [0.5, 0.6) is 0 Å². The van der Waals surface area contributed by atoms with Gasteiger partial charge in [0.15, 0.2) is 0 Å². The van der Waals surface area contributed by atoms with Crippen molar-refractivity contribution in [3.8, 4) is 0 Å². The van der Waals surface area contributed by atoms with Crippen LogP contribution in [0, 0.1) is 29.6 Å². The third kappa shape index (κ3) is 1.30. The molecule has 1 heterocycles. The molecule has 92 valence electrons. The Morgan fingerprint density at radius 1 is 1.06 bits per heavy atom. The molecule has 0 spiro atoms. The second kappa shape index (κ2) is 3.67. The molecule has 0 amide bonds. The molecule has 3 aliphatic carbocycles. The number of hydrogen-bond acceptors (Lipinski definition) is 4. The Kier molecular flexibility index (Phi) is 2.51. The fraction of sp³-hybridized carbons (Fsp3) is 1.00. The lowest BCUT2D eigenvalue weighted by Crippen LogP contribution is -2.60. The van der Waals surface area contributed by atoms with E-state index in [-0.39, 0.29) is 24.4 Å². The lowest BCUT2D eigenvalue weighted by molar-refractivity contribution is -0.179. The molecule has 4 aliphatic rings. The maximum absolute atomic E-state index is 10.1. The van der Waals surface area contributed by atoms with Crippen LogP contribution in [0.4, 0.5) is 0 Å². The third-order valence-electron chi connectivity index (χ3n) is 5.18. The minimum atomic E-state index is -0.622. The normalized spacial score (nSPS) is 56.6. The van der Waals surface area contributed by atoms with Crippen LogP contribution in [0.3, 0.4) is 0 Å². The van der Waals surface area contributed by atoms with E-state index < -0.39 is 12.2 Å². The highest BCUT2D eigenvalue weighted by atomic mass is 16.3. The fourth-order valence-electron chi connectivity index (χ4n) is 4.56. The van der Waals surface area contributed by atoms with Crippen LogP contribution in [-0.4, -0.2) is 59.2 Å². The van der Waals surface area contributed by atoms with Gasteiger partial charge in [-0.25, -0.2) is 0 Å². The lowest BCUT2D eigenvalue weighted by Gasteiger charge is -2.54. The highest BCUT2D eigenvalue weighted by Gasteiger charge is 2.58. The first-order valence-electron chi connectivity index (χ1n) is 6.29. The Labute approximate surface area is 95.9 Å². The summed E-state index contributed by atoms with van der Waals surface area (Å²) in [5, 5.41) is 29.6. The average Bonchev–Trinajstić information content (AvgIpc) is 2.65. The van der Waals surface area contributed by atoms with E-state index in [1.165, 1.54) is 0 Å². The molecule has 2 bridgehead atoms. The summed E-state index contributed by atoms with van der Waals surface area (Å²) in [5.41, 5.74) is 0. The van der Waals surface area contributed by atoms with Crippen molar-refractivity contribution in [1.82, 2.24) is 4.90 Å². The zero-order chi connectivity index (χ0) is 11.4. The van der Waals surface area contributed by atoms with Gasteiger partial charge in [-0.1, -0.05) is 0 Å². The number of hydrogen-bond donors (Lipinski definition) is 3. The maximum Gasteiger partial charge on any atom is 0.0836 e. The summed E-state index contributed by atoms with van der Waals surface area (Å²) in [7, 11) is 2.10. The summed E-state index contributed by atoms with van der Waals surface area (Å²) in [5.74, 6) is 1.47. The molecule has 3 N–H and O–H groups in total. The molecule has 0 aromatic heterocycles. The number of aliphatic hydroxyl groups excluding tert-OH is 3. The smallest absolute Gasteiger partial charge is 0.0836 e. The van der Waals surface area contributed by atoms with Crippen LogP contribution in [0.1, 0.15) is 6.42 Å². The van der Waals surface area contributed by atoms with E-state index in [0.29, 0.717) is 11.8 Å². The van der Waals surface area contributed by atoms with Crippen molar-refractivity contribution in [2.45, 2.75) is 18.6 Å². The Hall–Kier alpha value is -0.160. The van der Waals surface area contributed by atoms with Gasteiger partial charge in [-0.15, -0.1) is 0 Å². The molecule has 3 saturated carbocycles. The van der Waals surface area contributed by atoms with Crippen LogP contribution in [0.15, 0.2) is 0 Å². The molecule has 0 radical (unpaired) electrons. The van der Waals surface area contributed by atoms with Gasteiger partial charge in [0.05, 0.1) is 12.2 Å². The van der Waals surface area contributed by atoms with Crippen LogP contribution in [-0.2, 0) is 0 Å². The molecule has 0 aromatic carbocycles. The molecular weight excluding hydrogens is 206 g/mol. The van der Waals surface area contributed by atoms with E-state index in [9.17, 15) is 15.3 Å². The van der Waals surface area contributed by atoms with Gasteiger partial charge in [0, 0.05) is 19.7 Å². The lowest BCUT2D eigenvalue weighted by atomic mass is 9.53. The summed E-state index contributed by atoms with van der Waals surface area (Å²) in [6.45, 7) is 2.19. The Bertz CT molecular complexity index is 281. The highest BCUT2D eigenvalue weighted by Crippen LogP contribution is 2.54. The van der Waals surface area contributed by atoms with Gasteiger partial charge in [0.2, 0.25) is 0 Å².